The highest BCUT2D eigenvalue weighted by Crippen LogP contribution is 2.15. The second kappa shape index (κ2) is 6.38. The predicted molar refractivity (Wildman–Crippen MR) is 76.7 cm³/mol. The Morgan fingerprint density at radius 2 is 2.42 bits per heavy atom. The van der Waals surface area contributed by atoms with E-state index in [0.717, 1.165) is 18.5 Å². The molecule has 0 aliphatic carbocycles. The van der Waals surface area contributed by atoms with E-state index in [1.807, 2.05) is 6.07 Å². The largest absolute Gasteiger partial charge is 0.450 e. The normalized spacial score (nSPS) is 11.1. The van der Waals surface area contributed by atoms with Gasteiger partial charge in [0.25, 0.3) is 0 Å². The topological polar surface area (TPSA) is 70.9 Å². The molecule has 0 aliphatic heterocycles. The van der Waals surface area contributed by atoms with Gasteiger partial charge in [-0.3, -0.25) is 9.89 Å². The molecule has 0 unspecified atom stereocenters. The molecule has 0 aliphatic rings. The monoisotopic (exact) mass is 323 g/mol. The van der Waals surface area contributed by atoms with Gasteiger partial charge in [0.15, 0.2) is 10.5 Å². The van der Waals surface area contributed by atoms with Crippen molar-refractivity contribution in [2.24, 2.45) is 0 Å². The van der Waals surface area contributed by atoms with Crippen LogP contribution in [0.2, 0.25) is 0 Å². The second-order valence-corrected chi connectivity index (χ2v) is 4.77. The summed E-state index contributed by atoms with van der Waals surface area (Å²) < 4.78 is 5.88. The minimum atomic E-state index is -0.248. The number of hydrogen-bond acceptors (Lipinski definition) is 3. The van der Waals surface area contributed by atoms with Crippen LogP contribution in [0, 0.1) is 0 Å². The molecular formula is C13H14BrN3O2. The van der Waals surface area contributed by atoms with Crippen LogP contribution < -0.4 is 5.32 Å². The van der Waals surface area contributed by atoms with Crippen LogP contribution in [0.3, 0.4) is 0 Å². The van der Waals surface area contributed by atoms with Crippen molar-refractivity contribution in [1.29, 1.82) is 0 Å². The van der Waals surface area contributed by atoms with E-state index in [-0.39, 0.29) is 5.91 Å². The molecule has 2 rings (SSSR count). The Labute approximate surface area is 119 Å². The number of aromatic amines is 1. The minimum absolute atomic E-state index is 0.248. The van der Waals surface area contributed by atoms with Crippen LogP contribution in [0.25, 0.3) is 6.08 Å². The van der Waals surface area contributed by atoms with Gasteiger partial charge in [-0.2, -0.15) is 5.10 Å². The number of carbonyl (C=O) groups excluding carboxylic acids is 1. The first kappa shape index (κ1) is 13.6. The molecule has 100 valence electrons. The summed E-state index contributed by atoms with van der Waals surface area (Å²) in [5.74, 6) is 0.886. The van der Waals surface area contributed by atoms with Crippen LogP contribution in [0.1, 0.15) is 24.8 Å². The number of carbonyl (C=O) groups is 1. The molecule has 2 aromatic rings. The molecule has 0 bridgehead atoms. The van der Waals surface area contributed by atoms with Crippen LogP contribution in [0.15, 0.2) is 33.4 Å². The standard InChI is InChI=1S/C13H14BrN3O2/c1-2-3-9-8-12(17-16-9)15-13(18)7-5-10-4-6-11(14)19-10/h4-8H,2-3H2,1H3,(H2,15,16,17,18)/b7-5+. The third kappa shape index (κ3) is 4.10. The number of aryl methyl sites for hydroxylation is 1. The smallest absolute Gasteiger partial charge is 0.249 e. The number of halogens is 1. The van der Waals surface area contributed by atoms with Gasteiger partial charge < -0.3 is 9.73 Å². The summed E-state index contributed by atoms with van der Waals surface area (Å²) >= 11 is 3.20. The van der Waals surface area contributed by atoms with Crippen molar-refractivity contribution >= 4 is 33.7 Å². The van der Waals surface area contributed by atoms with Gasteiger partial charge in [-0.1, -0.05) is 13.3 Å². The van der Waals surface area contributed by atoms with Crippen LogP contribution in [0.5, 0.6) is 0 Å². The van der Waals surface area contributed by atoms with Gasteiger partial charge in [-0.05, 0) is 40.6 Å². The number of H-pyrrole nitrogens is 1. The number of nitrogens with one attached hydrogen (secondary N) is 2. The van der Waals surface area contributed by atoms with E-state index in [0.29, 0.717) is 16.2 Å². The molecule has 2 aromatic heterocycles. The van der Waals surface area contributed by atoms with Crippen LogP contribution in [-0.4, -0.2) is 16.1 Å². The number of anilines is 1. The fourth-order valence-electron chi connectivity index (χ4n) is 1.57. The summed E-state index contributed by atoms with van der Waals surface area (Å²) in [5, 5.41) is 9.56. The van der Waals surface area contributed by atoms with Gasteiger partial charge in [0.2, 0.25) is 5.91 Å². The van der Waals surface area contributed by atoms with Crippen molar-refractivity contribution in [1.82, 2.24) is 10.2 Å². The molecule has 2 heterocycles. The summed E-state index contributed by atoms with van der Waals surface area (Å²) in [6.45, 7) is 2.09. The first-order valence-electron chi connectivity index (χ1n) is 5.96. The van der Waals surface area contributed by atoms with Crippen LogP contribution in [-0.2, 0) is 11.2 Å². The SMILES string of the molecule is CCCc1cc(NC(=O)/C=C/c2ccc(Br)o2)n[nH]1. The Morgan fingerprint density at radius 3 is 3.11 bits per heavy atom. The summed E-state index contributed by atoms with van der Waals surface area (Å²) in [7, 11) is 0. The van der Waals surface area contributed by atoms with Crippen molar-refractivity contribution in [3.63, 3.8) is 0 Å². The van der Waals surface area contributed by atoms with Gasteiger partial charge in [0.1, 0.15) is 5.76 Å². The first-order chi connectivity index (χ1) is 9.17. The second-order valence-electron chi connectivity index (χ2n) is 3.99. The zero-order chi connectivity index (χ0) is 13.7. The molecule has 0 radical (unpaired) electrons. The molecule has 5 nitrogen and oxygen atoms in total. The predicted octanol–water partition coefficient (Wildman–Crippen LogP) is 3.37. The van der Waals surface area contributed by atoms with E-state index in [1.165, 1.54) is 6.08 Å². The highest BCUT2D eigenvalue weighted by atomic mass is 79.9. The molecule has 19 heavy (non-hydrogen) atoms. The van der Waals surface area contributed by atoms with Gasteiger partial charge in [0, 0.05) is 17.8 Å². The molecule has 0 spiro atoms. The number of furan rings is 1. The first-order valence-corrected chi connectivity index (χ1v) is 6.75. The Morgan fingerprint density at radius 1 is 1.58 bits per heavy atom. The highest BCUT2D eigenvalue weighted by Gasteiger charge is 2.03. The lowest BCUT2D eigenvalue weighted by Crippen LogP contribution is -2.07. The Balaban J connectivity index is 1.91. The molecule has 1 amide bonds. The minimum Gasteiger partial charge on any atom is -0.450 e. The van der Waals surface area contributed by atoms with Gasteiger partial charge in [0.05, 0.1) is 0 Å². The molecule has 0 saturated carbocycles. The lowest BCUT2D eigenvalue weighted by molar-refractivity contribution is -0.111. The van der Waals surface area contributed by atoms with E-state index < -0.39 is 0 Å². The van der Waals surface area contributed by atoms with E-state index in [1.54, 1.807) is 18.2 Å². The Hall–Kier alpha value is -1.82. The maximum atomic E-state index is 11.7. The summed E-state index contributed by atoms with van der Waals surface area (Å²) in [5.41, 5.74) is 1.01. The van der Waals surface area contributed by atoms with Crippen molar-refractivity contribution in [3.05, 3.63) is 40.4 Å². The van der Waals surface area contributed by atoms with E-state index >= 15 is 0 Å². The zero-order valence-electron chi connectivity index (χ0n) is 10.4. The maximum Gasteiger partial charge on any atom is 0.249 e. The van der Waals surface area contributed by atoms with E-state index in [9.17, 15) is 4.79 Å². The number of nitrogens with zero attached hydrogens (tertiary/aromatic N) is 1. The van der Waals surface area contributed by atoms with Crippen molar-refractivity contribution in [3.8, 4) is 0 Å². The van der Waals surface area contributed by atoms with Crippen LogP contribution in [0.4, 0.5) is 5.82 Å². The maximum absolute atomic E-state index is 11.7. The Bertz CT molecular complexity index is 586. The lowest BCUT2D eigenvalue weighted by atomic mass is 10.2. The van der Waals surface area contributed by atoms with Crippen molar-refractivity contribution in [2.75, 3.05) is 5.32 Å². The molecule has 2 N–H and O–H groups in total. The number of hydrogen-bond donors (Lipinski definition) is 2. The van der Waals surface area contributed by atoms with Gasteiger partial charge in [-0.25, -0.2) is 0 Å². The van der Waals surface area contributed by atoms with E-state index in [2.05, 4.69) is 38.4 Å². The lowest BCUT2D eigenvalue weighted by Gasteiger charge is -1.94. The zero-order valence-corrected chi connectivity index (χ0v) is 12.0. The molecular weight excluding hydrogens is 310 g/mol. The van der Waals surface area contributed by atoms with Gasteiger partial charge in [-0.15, -0.1) is 0 Å². The summed E-state index contributed by atoms with van der Waals surface area (Å²) in [6, 6.07) is 5.36. The average Bonchev–Trinajstić information content (AvgIpc) is 2.97. The quantitative estimate of drug-likeness (QED) is 0.829. The molecule has 0 fully saturated rings. The molecule has 0 saturated heterocycles. The highest BCUT2D eigenvalue weighted by molar-refractivity contribution is 9.10. The average molecular weight is 324 g/mol. The van der Waals surface area contributed by atoms with Gasteiger partial charge >= 0.3 is 0 Å². The fraction of sp³-hybridized carbons (Fsp3) is 0.231. The van der Waals surface area contributed by atoms with Crippen LogP contribution >= 0.6 is 15.9 Å². The molecule has 0 aromatic carbocycles. The third-order valence-electron chi connectivity index (χ3n) is 2.39. The Kier molecular flexibility index (Phi) is 4.57. The van der Waals surface area contributed by atoms with Crippen molar-refractivity contribution in [2.45, 2.75) is 19.8 Å². The fourth-order valence-corrected chi connectivity index (χ4v) is 1.89. The number of rotatable bonds is 5. The number of aromatic nitrogens is 2. The van der Waals surface area contributed by atoms with Crippen molar-refractivity contribution < 1.29 is 9.21 Å². The summed E-state index contributed by atoms with van der Waals surface area (Å²) in [4.78, 5) is 11.7. The number of amides is 1. The molecule has 0 atom stereocenters. The van der Waals surface area contributed by atoms with E-state index in [4.69, 9.17) is 4.42 Å². The third-order valence-corrected chi connectivity index (χ3v) is 2.82. The summed E-state index contributed by atoms with van der Waals surface area (Å²) in [6.07, 6.45) is 4.95. The molecule has 6 heteroatoms.